The molecule has 1 aromatic carbocycles. The van der Waals surface area contributed by atoms with Gasteiger partial charge in [0.05, 0.1) is 11.0 Å². The summed E-state index contributed by atoms with van der Waals surface area (Å²) in [6.07, 6.45) is 0. The highest BCUT2D eigenvalue weighted by atomic mass is 35.5. The van der Waals surface area contributed by atoms with Gasteiger partial charge in [-0.2, -0.15) is 5.26 Å². The van der Waals surface area contributed by atoms with Crippen molar-refractivity contribution in [1.29, 1.82) is 5.26 Å². The van der Waals surface area contributed by atoms with Crippen LogP contribution in [0.2, 0.25) is 5.02 Å². The first-order valence-corrected chi connectivity index (χ1v) is 6.41. The Morgan fingerprint density at radius 2 is 2.25 bits per heavy atom. The number of halogens is 1. The number of benzene rings is 1. The zero-order valence-corrected chi connectivity index (χ0v) is 12.3. The SMILES string of the molecule is CC(C)NC(C)(C#N)COc1cc(Cl)ccc1[N+](=O)[O-]. The molecule has 0 aliphatic carbocycles. The molecule has 0 saturated carbocycles. The molecule has 0 heterocycles. The molecule has 0 saturated heterocycles. The Labute approximate surface area is 122 Å². The highest BCUT2D eigenvalue weighted by Gasteiger charge is 2.27. The molecule has 0 bridgehead atoms. The first-order valence-electron chi connectivity index (χ1n) is 6.03. The minimum absolute atomic E-state index is 0.0249. The Balaban J connectivity index is 2.91. The Morgan fingerprint density at radius 3 is 2.75 bits per heavy atom. The van der Waals surface area contributed by atoms with E-state index in [1.807, 2.05) is 13.8 Å². The fourth-order valence-electron chi connectivity index (χ4n) is 1.72. The van der Waals surface area contributed by atoms with Crippen LogP contribution in [0, 0.1) is 21.4 Å². The average Bonchev–Trinajstić information content (AvgIpc) is 2.35. The van der Waals surface area contributed by atoms with Gasteiger partial charge in [-0.25, -0.2) is 0 Å². The minimum atomic E-state index is -0.940. The van der Waals surface area contributed by atoms with E-state index in [2.05, 4.69) is 11.4 Å². The predicted molar refractivity (Wildman–Crippen MR) is 75.9 cm³/mol. The second-order valence-corrected chi connectivity index (χ2v) is 5.34. The second kappa shape index (κ2) is 6.55. The van der Waals surface area contributed by atoms with E-state index in [-0.39, 0.29) is 24.1 Å². The quantitative estimate of drug-likeness (QED) is 0.644. The van der Waals surface area contributed by atoms with Gasteiger partial charge in [0.25, 0.3) is 0 Å². The van der Waals surface area contributed by atoms with Crippen LogP contribution in [0.15, 0.2) is 18.2 Å². The van der Waals surface area contributed by atoms with E-state index >= 15 is 0 Å². The Hall–Kier alpha value is -1.84. The van der Waals surface area contributed by atoms with Crippen molar-refractivity contribution in [3.05, 3.63) is 33.3 Å². The number of rotatable bonds is 6. The van der Waals surface area contributed by atoms with Gasteiger partial charge in [-0.1, -0.05) is 11.6 Å². The van der Waals surface area contributed by atoms with E-state index in [1.165, 1.54) is 18.2 Å². The molecule has 0 aromatic heterocycles. The lowest BCUT2D eigenvalue weighted by Gasteiger charge is -2.25. The lowest BCUT2D eigenvalue weighted by Crippen LogP contribution is -2.49. The summed E-state index contributed by atoms with van der Waals surface area (Å²) in [6, 6.07) is 6.25. The van der Waals surface area contributed by atoms with Gasteiger partial charge in [-0.05, 0) is 26.8 Å². The summed E-state index contributed by atoms with van der Waals surface area (Å²) in [5, 5.41) is 23.5. The van der Waals surface area contributed by atoms with Crippen molar-refractivity contribution in [2.75, 3.05) is 6.61 Å². The lowest BCUT2D eigenvalue weighted by atomic mass is 10.1. The van der Waals surface area contributed by atoms with Gasteiger partial charge >= 0.3 is 5.69 Å². The van der Waals surface area contributed by atoms with Crippen molar-refractivity contribution < 1.29 is 9.66 Å². The Kier molecular flexibility index (Phi) is 5.31. The van der Waals surface area contributed by atoms with Crippen molar-refractivity contribution in [3.8, 4) is 11.8 Å². The van der Waals surface area contributed by atoms with Crippen molar-refractivity contribution in [3.63, 3.8) is 0 Å². The lowest BCUT2D eigenvalue weighted by molar-refractivity contribution is -0.385. The van der Waals surface area contributed by atoms with Gasteiger partial charge in [0.1, 0.15) is 12.1 Å². The largest absolute Gasteiger partial charge is 0.484 e. The number of nitriles is 1. The molecule has 0 radical (unpaired) electrons. The van der Waals surface area contributed by atoms with E-state index in [1.54, 1.807) is 6.92 Å². The molecule has 1 rings (SSSR count). The van der Waals surface area contributed by atoms with E-state index < -0.39 is 10.5 Å². The van der Waals surface area contributed by atoms with Gasteiger partial charge in [-0.3, -0.25) is 15.4 Å². The van der Waals surface area contributed by atoms with Gasteiger partial charge in [0.2, 0.25) is 0 Å². The highest BCUT2D eigenvalue weighted by Crippen LogP contribution is 2.30. The molecule has 0 aliphatic heterocycles. The summed E-state index contributed by atoms with van der Waals surface area (Å²) in [6.45, 7) is 5.45. The van der Waals surface area contributed by atoms with Crippen LogP contribution < -0.4 is 10.1 Å². The molecular formula is C13H16ClN3O3. The summed E-state index contributed by atoms with van der Waals surface area (Å²) < 4.78 is 5.43. The summed E-state index contributed by atoms with van der Waals surface area (Å²) in [4.78, 5) is 10.4. The van der Waals surface area contributed by atoms with Crippen LogP contribution in [0.25, 0.3) is 0 Å². The van der Waals surface area contributed by atoms with Crippen molar-refractivity contribution >= 4 is 17.3 Å². The summed E-state index contributed by atoms with van der Waals surface area (Å²) in [5.41, 5.74) is -1.12. The van der Waals surface area contributed by atoms with Gasteiger partial charge in [0.15, 0.2) is 5.75 Å². The molecule has 7 heteroatoms. The molecule has 0 fully saturated rings. The average molecular weight is 298 g/mol. The standard InChI is InChI=1S/C13H16ClN3O3/c1-9(2)16-13(3,7-15)8-20-12-6-10(14)4-5-11(12)17(18)19/h4-6,9,16H,8H2,1-3H3. The fourth-order valence-corrected chi connectivity index (χ4v) is 1.88. The van der Waals surface area contributed by atoms with Gasteiger partial charge < -0.3 is 4.74 Å². The van der Waals surface area contributed by atoms with E-state index in [0.29, 0.717) is 5.02 Å². The summed E-state index contributed by atoms with van der Waals surface area (Å²) in [7, 11) is 0. The van der Waals surface area contributed by atoms with Crippen LogP contribution in [-0.4, -0.2) is 23.1 Å². The zero-order chi connectivity index (χ0) is 15.3. The number of ether oxygens (including phenoxy) is 1. The third-order valence-electron chi connectivity index (χ3n) is 2.49. The zero-order valence-electron chi connectivity index (χ0n) is 11.5. The van der Waals surface area contributed by atoms with Crippen LogP contribution in [0.3, 0.4) is 0 Å². The minimum Gasteiger partial charge on any atom is -0.484 e. The van der Waals surface area contributed by atoms with Crippen LogP contribution in [0.4, 0.5) is 5.69 Å². The number of nitrogens with one attached hydrogen (secondary N) is 1. The molecular weight excluding hydrogens is 282 g/mol. The van der Waals surface area contributed by atoms with Crippen molar-refractivity contribution in [2.24, 2.45) is 0 Å². The number of nitrogens with zero attached hydrogens (tertiary/aromatic N) is 2. The third-order valence-corrected chi connectivity index (χ3v) is 2.72. The van der Waals surface area contributed by atoms with Gasteiger partial charge in [-0.15, -0.1) is 0 Å². The van der Waals surface area contributed by atoms with Crippen LogP contribution in [0.5, 0.6) is 5.75 Å². The number of hydrogen-bond donors (Lipinski definition) is 1. The molecule has 20 heavy (non-hydrogen) atoms. The topological polar surface area (TPSA) is 88.2 Å². The van der Waals surface area contributed by atoms with Crippen LogP contribution >= 0.6 is 11.6 Å². The maximum Gasteiger partial charge on any atom is 0.311 e. The first-order chi connectivity index (χ1) is 9.27. The molecule has 0 aliphatic rings. The molecule has 1 atom stereocenters. The van der Waals surface area contributed by atoms with E-state index in [9.17, 15) is 15.4 Å². The predicted octanol–water partition coefficient (Wildman–Crippen LogP) is 2.91. The molecule has 1 unspecified atom stereocenters. The summed E-state index contributed by atoms with van der Waals surface area (Å²) in [5.74, 6) is 0.0505. The first kappa shape index (κ1) is 16.2. The van der Waals surface area contributed by atoms with E-state index in [0.717, 1.165) is 0 Å². The molecule has 6 nitrogen and oxygen atoms in total. The normalized spacial score (nSPS) is 13.6. The second-order valence-electron chi connectivity index (χ2n) is 4.90. The highest BCUT2D eigenvalue weighted by molar-refractivity contribution is 6.30. The fraction of sp³-hybridized carbons (Fsp3) is 0.462. The van der Waals surface area contributed by atoms with Crippen LogP contribution in [-0.2, 0) is 0 Å². The number of hydrogen-bond acceptors (Lipinski definition) is 5. The maximum atomic E-state index is 10.9. The van der Waals surface area contributed by atoms with E-state index in [4.69, 9.17) is 16.3 Å². The molecule has 1 aromatic rings. The number of nitro groups is 1. The van der Waals surface area contributed by atoms with Crippen molar-refractivity contribution in [2.45, 2.75) is 32.4 Å². The van der Waals surface area contributed by atoms with Gasteiger partial charge in [0, 0.05) is 23.2 Å². The third kappa shape index (κ3) is 4.37. The maximum absolute atomic E-state index is 10.9. The summed E-state index contributed by atoms with van der Waals surface area (Å²) >= 11 is 5.81. The molecule has 1 N–H and O–H groups in total. The van der Waals surface area contributed by atoms with Crippen molar-refractivity contribution in [1.82, 2.24) is 5.32 Å². The molecule has 108 valence electrons. The molecule has 0 amide bonds. The molecule has 0 spiro atoms. The Bertz CT molecular complexity index is 542. The number of nitro benzene ring substituents is 1. The Morgan fingerprint density at radius 1 is 1.60 bits per heavy atom. The van der Waals surface area contributed by atoms with Crippen LogP contribution in [0.1, 0.15) is 20.8 Å². The smallest absolute Gasteiger partial charge is 0.311 e. The monoisotopic (exact) mass is 297 g/mol.